The van der Waals surface area contributed by atoms with E-state index in [-0.39, 0.29) is 12.3 Å². The number of nitrogens with zero attached hydrogens (tertiary/aromatic N) is 1. The van der Waals surface area contributed by atoms with Gasteiger partial charge < -0.3 is 14.7 Å². The lowest BCUT2D eigenvalue weighted by molar-refractivity contribution is -0.148. The number of carboxylic acids is 1. The van der Waals surface area contributed by atoms with Crippen molar-refractivity contribution in [3.63, 3.8) is 0 Å². The van der Waals surface area contributed by atoms with Gasteiger partial charge in [0.25, 0.3) is 0 Å². The number of carbonyl (C=O) groups is 2. The molecule has 1 unspecified atom stereocenters. The Balaban J connectivity index is 1.67. The molecule has 0 bridgehead atoms. The zero-order chi connectivity index (χ0) is 17.6. The van der Waals surface area contributed by atoms with Gasteiger partial charge in [0.1, 0.15) is 18.4 Å². The highest BCUT2D eigenvalue weighted by atomic mass is 16.5. The number of amides is 1. The molecule has 2 aromatic carbocycles. The van der Waals surface area contributed by atoms with Crippen LogP contribution in [0, 0.1) is 0 Å². The van der Waals surface area contributed by atoms with Gasteiger partial charge in [0, 0.05) is 19.4 Å². The minimum absolute atomic E-state index is 0.0797. The van der Waals surface area contributed by atoms with Crippen LogP contribution < -0.4 is 4.74 Å². The van der Waals surface area contributed by atoms with Crippen LogP contribution in [0.4, 0.5) is 0 Å². The topological polar surface area (TPSA) is 66.8 Å². The van der Waals surface area contributed by atoms with Crippen molar-refractivity contribution >= 4 is 11.9 Å². The van der Waals surface area contributed by atoms with Crippen LogP contribution in [0.1, 0.15) is 24.0 Å². The maximum absolute atomic E-state index is 11.9. The van der Waals surface area contributed by atoms with Crippen LogP contribution in [0.3, 0.4) is 0 Å². The zero-order valence-corrected chi connectivity index (χ0v) is 13.9. The van der Waals surface area contributed by atoms with Gasteiger partial charge in [-0.3, -0.25) is 4.79 Å². The van der Waals surface area contributed by atoms with Crippen molar-refractivity contribution < 1.29 is 19.4 Å². The Morgan fingerprint density at radius 3 is 2.56 bits per heavy atom. The van der Waals surface area contributed by atoms with Crippen molar-refractivity contribution in [2.24, 2.45) is 0 Å². The van der Waals surface area contributed by atoms with E-state index >= 15 is 0 Å². The molecule has 0 saturated carbocycles. The normalized spacial score (nSPS) is 15.2. The SMILES string of the molecule is O=C(O)C(Cc1cccc(OCc2ccccc2)c1)N1CCCC1=O. The van der Waals surface area contributed by atoms with Crippen LogP contribution in [0.25, 0.3) is 0 Å². The molecule has 1 heterocycles. The van der Waals surface area contributed by atoms with Crippen molar-refractivity contribution in [2.45, 2.75) is 31.9 Å². The molecule has 3 rings (SSSR count). The standard InChI is InChI=1S/C20H21NO4/c22-19-10-5-11-21(19)18(20(23)24)13-16-8-4-9-17(12-16)25-14-15-6-2-1-3-7-15/h1-4,6-9,12,18H,5,10-11,13-14H2,(H,23,24). The van der Waals surface area contributed by atoms with E-state index in [4.69, 9.17) is 4.74 Å². The fourth-order valence-electron chi connectivity index (χ4n) is 3.06. The molecule has 1 amide bonds. The molecule has 5 heteroatoms. The summed E-state index contributed by atoms with van der Waals surface area (Å²) in [7, 11) is 0. The number of carbonyl (C=O) groups excluding carboxylic acids is 1. The first-order valence-corrected chi connectivity index (χ1v) is 8.41. The van der Waals surface area contributed by atoms with Gasteiger partial charge in [-0.2, -0.15) is 0 Å². The predicted molar refractivity (Wildman–Crippen MR) is 93.3 cm³/mol. The number of benzene rings is 2. The van der Waals surface area contributed by atoms with Crippen LogP contribution in [-0.2, 0) is 22.6 Å². The summed E-state index contributed by atoms with van der Waals surface area (Å²) in [5.41, 5.74) is 1.91. The smallest absolute Gasteiger partial charge is 0.326 e. The number of hydrogen-bond donors (Lipinski definition) is 1. The van der Waals surface area contributed by atoms with Gasteiger partial charge in [0.15, 0.2) is 0 Å². The third-order valence-corrected chi connectivity index (χ3v) is 4.35. The Hall–Kier alpha value is -2.82. The molecule has 1 aliphatic heterocycles. The Kier molecular flexibility index (Phi) is 5.33. The molecule has 130 valence electrons. The van der Waals surface area contributed by atoms with E-state index in [0.29, 0.717) is 25.3 Å². The fourth-order valence-corrected chi connectivity index (χ4v) is 3.06. The van der Waals surface area contributed by atoms with E-state index in [2.05, 4.69) is 0 Å². The van der Waals surface area contributed by atoms with Crippen molar-refractivity contribution in [2.75, 3.05) is 6.54 Å². The third-order valence-electron chi connectivity index (χ3n) is 4.35. The maximum Gasteiger partial charge on any atom is 0.326 e. The van der Waals surface area contributed by atoms with Gasteiger partial charge >= 0.3 is 5.97 Å². The lowest BCUT2D eigenvalue weighted by Crippen LogP contribution is -2.43. The average molecular weight is 339 g/mol. The molecule has 1 saturated heterocycles. The summed E-state index contributed by atoms with van der Waals surface area (Å²) in [6.07, 6.45) is 1.44. The largest absolute Gasteiger partial charge is 0.489 e. The molecule has 2 aromatic rings. The molecule has 0 radical (unpaired) electrons. The van der Waals surface area contributed by atoms with Gasteiger partial charge in [-0.1, -0.05) is 42.5 Å². The Labute approximate surface area is 146 Å². The Bertz CT molecular complexity index is 744. The molecular weight excluding hydrogens is 318 g/mol. The number of carboxylic acid groups (broad SMARTS) is 1. The number of likely N-dealkylation sites (tertiary alicyclic amines) is 1. The van der Waals surface area contributed by atoms with E-state index in [1.165, 1.54) is 4.90 Å². The summed E-state index contributed by atoms with van der Waals surface area (Å²) in [6, 6.07) is 16.4. The molecule has 1 fully saturated rings. The maximum atomic E-state index is 11.9. The van der Waals surface area contributed by atoms with Gasteiger partial charge in [-0.25, -0.2) is 4.79 Å². The van der Waals surface area contributed by atoms with Crippen molar-refractivity contribution in [1.82, 2.24) is 4.90 Å². The number of hydrogen-bond acceptors (Lipinski definition) is 3. The molecule has 1 atom stereocenters. The van der Waals surface area contributed by atoms with Crippen molar-refractivity contribution in [3.05, 3.63) is 65.7 Å². The number of aliphatic carboxylic acids is 1. The second-order valence-corrected chi connectivity index (χ2v) is 6.17. The first kappa shape index (κ1) is 17.0. The Morgan fingerprint density at radius 2 is 1.88 bits per heavy atom. The van der Waals surface area contributed by atoms with E-state index in [0.717, 1.165) is 17.5 Å². The van der Waals surface area contributed by atoms with Crippen LogP contribution in [0.15, 0.2) is 54.6 Å². The summed E-state index contributed by atoms with van der Waals surface area (Å²) in [5.74, 6) is -0.354. The second kappa shape index (κ2) is 7.83. The van der Waals surface area contributed by atoms with E-state index in [1.54, 1.807) is 0 Å². The quantitative estimate of drug-likeness (QED) is 0.842. The van der Waals surface area contributed by atoms with Gasteiger partial charge in [-0.15, -0.1) is 0 Å². The van der Waals surface area contributed by atoms with Crippen molar-refractivity contribution in [1.29, 1.82) is 0 Å². The summed E-state index contributed by atoms with van der Waals surface area (Å²) in [4.78, 5) is 25.0. The summed E-state index contributed by atoms with van der Waals surface area (Å²) < 4.78 is 5.79. The van der Waals surface area contributed by atoms with E-state index < -0.39 is 12.0 Å². The van der Waals surface area contributed by atoms with Gasteiger partial charge in [-0.05, 0) is 29.7 Å². The molecule has 1 aliphatic rings. The first-order valence-electron chi connectivity index (χ1n) is 8.41. The van der Waals surface area contributed by atoms with Crippen LogP contribution >= 0.6 is 0 Å². The van der Waals surface area contributed by atoms with Crippen LogP contribution in [0.2, 0.25) is 0 Å². The van der Waals surface area contributed by atoms with Gasteiger partial charge in [0.05, 0.1) is 0 Å². The van der Waals surface area contributed by atoms with Crippen LogP contribution in [-0.4, -0.2) is 34.5 Å². The number of ether oxygens (including phenoxy) is 1. The third kappa shape index (κ3) is 4.38. The highest BCUT2D eigenvalue weighted by molar-refractivity contribution is 5.85. The van der Waals surface area contributed by atoms with E-state index in [9.17, 15) is 14.7 Å². The minimum Gasteiger partial charge on any atom is -0.489 e. The molecule has 25 heavy (non-hydrogen) atoms. The van der Waals surface area contributed by atoms with E-state index in [1.807, 2.05) is 54.6 Å². The fraction of sp³-hybridized carbons (Fsp3) is 0.300. The molecule has 0 spiro atoms. The molecular formula is C20H21NO4. The molecule has 0 aliphatic carbocycles. The molecule has 1 N–H and O–H groups in total. The number of rotatable bonds is 7. The molecule has 5 nitrogen and oxygen atoms in total. The average Bonchev–Trinajstić information content (AvgIpc) is 3.04. The highest BCUT2D eigenvalue weighted by Crippen LogP contribution is 2.21. The zero-order valence-electron chi connectivity index (χ0n) is 13.9. The monoisotopic (exact) mass is 339 g/mol. The summed E-state index contributed by atoms with van der Waals surface area (Å²) >= 11 is 0. The predicted octanol–water partition coefficient (Wildman–Crippen LogP) is 2.88. The Morgan fingerprint density at radius 1 is 1.12 bits per heavy atom. The first-order chi connectivity index (χ1) is 12.1. The molecule has 0 aromatic heterocycles. The van der Waals surface area contributed by atoms with Gasteiger partial charge in [0.2, 0.25) is 5.91 Å². The minimum atomic E-state index is -0.967. The van der Waals surface area contributed by atoms with Crippen LogP contribution in [0.5, 0.6) is 5.75 Å². The van der Waals surface area contributed by atoms with Crippen molar-refractivity contribution in [3.8, 4) is 5.75 Å². The summed E-state index contributed by atoms with van der Waals surface area (Å²) in [6.45, 7) is 0.970. The highest BCUT2D eigenvalue weighted by Gasteiger charge is 2.32. The lowest BCUT2D eigenvalue weighted by atomic mass is 10.0. The summed E-state index contributed by atoms with van der Waals surface area (Å²) in [5, 5.41) is 9.51. The second-order valence-electron chi connectivity index (χ2n) is 6.17. The lowest BCUT2D eigenvalue weighted by Gasteiger charge is -2.24.